The number of anilines is 1. The van der Waals surface area contributed by atoms with E-state index in [9.17, 15) is 9.90 Å². The average Bonchev–Trinajstić information content (AvgIpc) is 2.95. The molecular weight excluding hydrogens is 286 g/mol. The van der Waals surface area contributed by atoms with Crippen LogP contribution in [-0.4, -0.2) is 17.1 Å². The Balaban J connectivity index is 1.60. The molecule has 3 nitrogen and oxygen atoms in total. The first kappa shape index (κ1) is 17.8. The molecule has 23 heavy (non-hydrogen) atoms. The fourth-order valence-corrected chi connectivity index (χ4v) is 3.54. The Bertz CT molecular complexity index is 498. The maximum Gasteiger partial charge on any atom is 0.336 e. The summed E-state index contributed by atoms with van der Waals surface area (Å²) in [6, 6.07) is 5.95. The predicted octanol–water partition coefficient (Wildman–Crippen LogP) is 5.64. The molecule has 0 fully saturated rings. The summed E-state index contributed by atoms with van der Waals surface area (Å²) in [4.78, 5) is 11.3. The smallest absolute Gasteiger partial charge is 0.336 e. The second-order valence-corrected chi connectivity index (χ2v) is 6.80. The van der Waals surface area contributed by atoms with Crippen LogP contribution in [0.2, 0.25) is 0 Å². The van der Waals surface area contributed by atoms with Gasteiger partial charge in [-0.2, -0.15) is 0 Å². The minimum atomic E-state index is -0.813. The lowest BCUT2D eigenvalue weighted by atomic mass is 9.99. The summed E-state index contributed by atoms with van der Waals surface area (Å²) in [5, 5.41) is 12.7. The number of rotatable bonds is 11. The van der Waals surface area contributed by atoms with Crippen LogP contribution in [0.4, 0.5) is 5.69 Å². The molecular formula is C20H31NO2. The standard InChI is InChI=1S/C20H31NO2/c1-2-3-4-5-6-7-8-9-10-12-16-15-18-17(20(22)23)13-11-14-19(18)21-16/h11,13-14,16,21H,2-10,12,15H2,1H3,(H,22,23)/t16-/m0/s1. The molecule has 1 aromatic carbocycles. The van der Waals surface area contributed by atoms with Gasteiger partial charge in [-0.25, -0.2) is 4.79 Å². The third kappa shape index (κ3) is 5.56. The highest BCUT2D eigenvalue weighted by molar-refractivity contribution is 5.92. The van der Waals surface area contributed by atoms with Gasteiger partial charge in [-0.05, 0) is 30.5 Å². The summed E-state index contributed by atoms with van der Waals surface area (Å²) in [5.41, 5.74) is 2.47. The molecule has 1 aromatic rings. The number of nitrogens with one attached hydrogen (secondary N) is 1. The Morgan fingerprint density at radius 2 is 1.74 bits per heavy atom. The lowest BCUT2D eigenvalue weighted by Crippen LogP contribution is -2.15. The van der Waals surface area contributed by atoms with Crippen molar-refractivity contribution in [2.75, 3.05) is 5.32 Å². The third-order valence-corrected chi connectivity index (χ3v) is 4.87. The Hall–Kier alpha value is -1.51. The molecule has 1 aliphatic heterocycles. The summed E-state index contributed by atoms with van der Waals surface area (Å²) in [5.74, 6) is -0.813. The number of fused-ring (bicyclic) bond motifs is 1. The summed E-state index contributed by atoms with van der Waals surface area (Å²) in [6.45, 7) is 2.26. The molecule has 128 valence electrons. The largest absolute Gasteiger partial charge is 0.478 e. The molecule has 0 aliphatic carbocycles. The highest BCUT2D eigenvalue weighted by atomic mass is 16.4. The van der Waals surface area contributed by atoms with Gasteiger partial charge in [0.25, 0.3) is 0 Å². The average molecular weight is 317 g/mol. The second kappa shape index (κ2) is 9.59. The molecule has 1 heterocycles. The van der Waals surface area contributed by atoms with E-state index >= 15 is 0 Å². The van der Waals surface area contributed by atoms with Crippen molar-refractivity contribution in [3.8, 4) is 0 Å². The molecule has 0 radical (unpaired) electrons. The van der Waals surface area contributed by atoms with E-state index < -0.39 is 5.97 Å². The first-order chi connectivity index (χ1) is 11.2. The van der Waals surface area contributed by atoms with Crippen LogP contribution in [0, 0.1) is 0 Å². The maximum atomic E-state index is 11.3. The van der Waals surface area contributed by atoms with E-state index in [4.69, 9.17) is 0 Å². The van der Waals surface area contributed by atoms with Crippen LogP contribution >= 0.6 is 0 Å². The lowest BCUT2D eigenvalue weighted by molar-refractivity contribution is 0.0696. The normalized spacial score (nSPS) is 16.1. The zero-order valence-corrected chi connectivity index (χ0v) is 14.4. The molecule has 0 spiro atoms. The van der Waals surface area contributed by atoms with Crippen LogP contribution < -0.4 is 5.32 Å². The van der Waals surface area contributed by atoms with E-state index in [0.717, 1.165) is 24.1 Å². The van der Waals surface area contributed by atoms with Gasteiger partial charge in [0.05, 0.1) is 5.56 Å². The van der Waals surface area contributed by atoms with E-state index in [1.807, 2.05) is 12.1 Å². The number of benzene rings is 1. The molecule has 2 N–H and O–H groups in total. The Morgan fingerprint density at radius 1 is 1.09 bits per heavy atom. The van der Waals surface area contributed by atoms with Gasteiger partial charge in [0, 0.05) is 11.7 Å². The van der Waals surface area contributed by atoms with Crippen molar-refractivity contribution in [2.24, 2.45) is 0 Å². The van der Waals surface area contributed by atoms with Crippen LogP contribution in [0.5, 0.6) is 0 Å². The number of hydrogen-bond donors (Lipinski definition) is 2. The van der Waals surface area contributed by atoms with Gasteiger partial charge in [0.1, 0.15) is 0 Å². The molecule has 0 aromatic heterocycles. The summed E-state index contributed by atoms with van der Waals surface area (Å²) in [7, 11) is 0. The number of carboxylic acids is 1. The van der Waals surface area contributed by atoms with E-state index in [2.05, 4.69) is 12.2 Å². The van der Waals surface area contributed by atoms with E-state index in [1.165, 1.54) is 57.8 Å². The van der Waals surface area contributed by atoms with Crippen molar-refractivity contribution in [3.63, 3.8) is 0 Å². The minimum Gasteiger partial charge on any atom is -0.478 e. The van der Waals surface area contributed by atoms with Gasteiger partial charge < -0.3 is 10.4 Å². The Morgan fingerprint density at radius 3 is 2.39 bits per heavy atom. The first-order valence-electron chi connectivity index (χ1n) is 9.34. The molecule has 0 saturated heterocycles. The van der Waals surface area contributed by atoms with Crippen LogP contribution in [0.25, 0.3) is 0 Å². The van der Waals surface area contributed by atoms with Gasteiger partial charge in [0.15, 0.2) is 0 Å². The highest BCUT2D eigenvalue weighted by Crippen LogP contribution is 2.30. The topological polar surface area (TPSA) is 49.3 Å². The van der Waals surface area contributed by atoms with Crippen LogP contribution in [0.15, 0.2) is 18.2 Å². The molecule has 3 heteroatoms. The molecule has 0 amide bonds. The SMILES string of the molecule is CCCCCCCCCCC[C@H]1Cc2c(cccc2C(=O)O)N1. The van der Waals surface area contributed by atoms with Crippen molar-refractivity contribution < 1.29 is 9.90 Å². The summed E-state index contributed by atoms with van der Waals surface area (Å²) in [6.07, 6.45) is 14.1. The summed E-state index contributed by atoms with van der Waals surface area (Å²) >= 11 is 0. The van der Waals surface area contributed by atoms with Crippen LogP contribution in [0.1, 0.15) is 87.1 Å². The van der Waals surface area contributed by atoms with Gasteiger partial charge in [-0.15, -0.1) is 0 Å². The van der Waals surface area contributed by atoms with Crippen molar-refractivity contribution in [1.29, 1.82) is 0 Å². The number of hydrogen-bond acceptors (Lipinski definition) is 2. The van der Waals surface area contributed by atoms with Gasteiger partial charge in [-0.1, -0.05) is 70.8 Å². The maximum absolute atomic E-state index is 11.3. The van der Waals surface area contributed by atoms with Gasteiger partial charge >= 0.3 is 5.97 Å². The molecule has 0 saturated carbocycles. The number of carboxylic acid groups (broad SMARTS) is 1. The minimum absolute atomic E-state index is 0.412. The van der Waals surface area contributed by atoms with Crippen molar-refractivity contribution in [2.45, 2.75) is 83.6 Å². The molecule has 0 unspecified atom stereocenters. The Labute approximate surface area is 140 Å². The quantitative estimate of drug-likeness (QED) is 0.519. The fraction of sp³-hybridized carbons (Fsp3) is 0.650. The van der Waals surface area contributed by atoms with Crippen molar-refractivity contribution in [3.05, 3.63) is 29.3 Å². The van der Waals surface area contributed by atoms with E-state index in [-0.39, 0.29) is 0 Å². The van der Waals surface area contributed by atoms with Crippen LogP contribution in [0.3, 0.4) is 0 Å². The number of carbonyl (C=O) groups is 1. The monoisotopic (exact) mass is 317 g/mol. The molecule has 2 rings (SSSR count). The van der Waals surface area contributed by atoms with Crippen LogP contribution in [-0.2, 0) is 6.42 Å². The fourth-order valence-electron chi connectivity index (χ4n) is 3.54. The molecule has 0 bridgehead atoms. The summed E-state index contributed by atoms with van der Waals surface area (Å²) < 4.78 is 0. The van der Waals surface area contributed by atoms with Crippen molar-refractivity contribution in [1.82, 2.24) is 0 Å². The number of aromatic carboxylic acids is 1. The third-order valence-electron chi connectivity index (χ3n) is 4.87. The molecule has 1 atom stereocenters. The van der Waals surface area contributed by atoms with E-state index in [0.29, 0.717) is 11.6 Å². The van der Waals surface area contributed by atoms with Gasteiger partial charge in [0.2, 0.25) is 0 Å². The first-order valence-corrected chi connectivity index (χ1v) is 9.34. The second-order valence-electron chi connectivity index (χ2n) is 6.80. The zero-order valence-electron chi connectivity index (χ0n) is 14.4. The van der Waals surface area contributed by atoms with Crippen molar-refractivity contribution >= 4 is 11.7 Å². The Kier molecular flexibility index (Phi) is 7.44. The van der Waals surface area contributed by atoms with E-state index in [1.54, 1.807) is 6.07 Å². The van der Waals surface area contributed by atoms with Gasteiger partial charge in [-0.3, -0.25) is 0 Å². The number of unbranched alkanes of at least 4 members (excludes halogenated alkanes) is 8. The zero-order chi connectivity index (χ0) is 16.5. The highest BCUT2D eigenvalue weighted by Gasteiger charge is 2.24. The predicted molar refractivity (Wildman–Crippen MR) is 96.4 cm³/mol. The lowest BCUT2D eigenvalue weighted by Gasteiger charge is -2.10. The molecule has 1 aliphatic rings.